The molecule has 1 aromatic heterocycles. The van der Waals surface area contributed by atoms with E-state index in [2.05, 4.69) is 26.3 Å². The number of carbonyl (C=O) groups is 1. The lowest BCUT2D eigenvalue weighted by atomic mass is 10.2. The Balaban J connectivity index is 2.28. The number of nitrogens with zero attached hydrogens (tertiary/aromatic N) is 2. The van der Waals surface area contributed by atoms with Crippen LogP contribution < -0.4 is 11.1 Å². The van der Waals surface area contributed by atoms with Crippen LogP contribution in [0.2, 0.25) is 5.02 Å². The summed E-state index contributed by atoms with van der Waals surface area (Å²) in [6.07, 6.45) is 0. The molecule has 1 aromatic carbocycles. The summed E-state index contributed by atoms with van der Waals surface area (Å²) in [6, 6.07) is 4.94. The molecule has 0 saturated carbocycles. The van der Waals surface area contributed by atoms with Crippen LogP contribution in [0, 0.1) is 6.92 Å². The highest BCUT2D eigenvalue weighted by atomic mass is 79.9. The minimum atomic E-state index is -0.271. The molecule has 0 spiro atoms. The summed E-state index contributed by atoms with van der Waals surface area (Å²) in [5.41, 5.74) is 7.47. The summed E-state index contributed by atoms with van der Waals surface area (Å²) in [7, 11) is 1.72. The average molecular weight is 344 g/mol. The number of nitrogens with one attached hydrogen (secondary N) is 1. The quantitative estimate of drug-likeness (QED) is 0.880. The van der Waals surface area contributed by atoms with Gasteiger partial charge in [0.15, 0.2) is 5.82 Å². The molecular weight excluding hydrogens is 332 g/mol. The molecule has 5 nitrogen and oxygen atoms in total. The van der Waals surface area contributed by atoms with Crippen molar-refractivity contribution < 1.29 is 4.79 Å². The Kier molecular flexibility index (Phi) is 3.82. The van der Waals surface area contributed by atoms with Crippen molar-refractivity contribution in [3.05, 3.63) is 39.0 Å². The minimum Gasteiger partial charge on any atom is -0.394 e. The van der Waals surface area contributed by atoms with Gasteiger partial charge < -0.3 is 11.1 Å². The van der Waals surface area contributed by atoms with Crippen LogP contribution >= 0.6 is 27.5 Å². The van der Waals surface area contributed by atoms with Gasteiger partial charge in [-0.05, 0) is 41.1 Å². The largest absolute Gasteiger partial charge is 0.394 e. The summed E-state index contributed by atoms with van der Waals surface area (Å²) < 4.78 is 2.20. The highest BCUT2D eigenvalue weighted by Crippen LogP contribution is 2.25. The number of aryl methyl sites for hydroxylation is 2. The second kappa shape index (κ2) is 5.22. The maximum absolute atomic E-state index is 12.1. The molecule has 0 unspecified atom stereocenters. The summed E-state index contributed by atoms with van der Waals surface area (Å²) in [6.45, 7) is 1.78. The Labute approximate surface area is 123 Å². The van der Waals surface area contributed by atoms with Gasteiger partial charge in [-0.3, -0.25) is 9.48 Å². The Morgan fingerprint density at radius 2 is 2.21 bits per heavy atom. The van der Waals surface area contributed by atoms with Gasteiger partial charge >= 0.3 is 0 Å². The van der Waals surface area contributed by atoms with Crippen molar-refractivity contribution >= 4 is 44.9 Å². The van der Waals surface area contributed by atoms with Crippen LogP contribution in [-0.2, 0) is 7.05 Å². The number of hydrogen-bond acceptors (Lipinski definition) is 3. The predicted molar refractivity (Wildman–Crippen MR) is 79.5 cm³/mol. The molecule has 7 heteroatoms. The van der Waals surface area contributed by atoms with Crippen molar-refractivity contribution in [3.8, 4) is 0 Å². The fourth-order valence-electron chi connectivity index (χ4n) is 1.64. The number of amides is 1. The smallest absolute Gasteiger partial charge is 0.256 e. The van der Waals surface area contributed by atoms with Crippen molar-refractivity contribution in [1.82, 2.24) is 9.78 Å². The van der Waals surface area contributed by atoms with Gasteiger partial charge in [0, 0.05) is 17.1 Å². The second-order valence-electron chi connectivity index (χ2n) is 4.05. The first-order valence-electron chi connectivity index (χ1n) is 5.45. The number of rotatable bonds is 2. The molecule has 0 aliphatic carbocycles. The van der Waals surface area contributed by atoms with E-state index in [1.807, 2.05) is 0 Å². The van der Waals surface area contributed by atoms with E-state index >= 15 is 0 Å². The number of anilines is 2. The van der Waals surface area contributed by atoms with E-state index in [0.717, 1.165) is 0 Å². The number of halogens is 2. The lowest BCUT2D eigenvalue weighted by Gasteiger charge is -2.07. The van der Waals surface area contributed by atoms with Gasteiger partial charge in [0.1, 0.15) is 0 Å². The molecule has 100 valence electrons. The molecule has 1 amide bonds. The van der Waals surface area contributed by atoms with Crippen molar-refractivity contribution in [2.45, 2.75) is 6.92 Å². The van der Waals surface area contributed by atoms with Crippen molar-refractivity contribution in [1.29, 1.82) is 0 Å². The fourth-order valence-corrected chi connectivity index (χ4v) is 2.14. The van der Waals surface area contributed by atoms with E-state index in [-0.39, 0.29) is 5.91 Å². The molecule has 2 aromatic rings. The molecule has 0 fully saturated rings. The van der Waals surface area contributed by atoms with Gasteiger partial charge in [0.05, 0.1) is 16.4 Å². The first kappa shape index (κ1) is 13.9. The van der Waals surface area contributed by atoms with Crippen molar-refractivity contribution in [2.75, 3.05) is 11.1 Å². The molecule has 0 atom stereocenters. The Hall–Kier alpha value is -1.53. The van der Waals surface area contributed by atoms with E-state index in [0.29, 0.717) is 32.3 Å². The van der Waals surface area contributed by atoms with Crippen molar-refractivity contribution in [2.24, 2.45) is 7.05 Å². The lowest BCUT2D eigenvalue weighted by molar-refractivity contribution is 0.102. The third-order valence-electron chi connectivity index (χ3n) is 2.68. The number of carbonyl (C=O) groups excluding carboxylic acids is 1. The van der Waals surface area contributed by atoms with Gasteiger partial charge in [0.25, 0.3) is 5.91 Å². The summed E-state index contributed by atoms with van der Waals surface area (Å²) in [4.78, 5) is 12.1. The summed E-state index contributed by atoms with van der Waals surface area (Å²) in [5, 5.41) is 7.42. The lowest BCUT2D eigenvalue weighted by Crippen LogP contribution is -2.15. The van der Waals surface area contributed by atoms with E-state index in [1.54, 1.807) is 32.2 Å². The van der Waals surface area contributed by atoms with Gasteiger partial charge in [-0.25, -0.2) is 0 Å². The van der Waals surface area contributed by atoms with Gasteiger partial charge in [-0.15, -0.1) is 0 Å². The number of nitrogen functional groups attached to an aromatic ring is 1. The van der Waals surface area contributed by atoms with Crippen LogP contribution in [0.15, 0.2) is 22.7 Å². The zero-order chi connectivity index (χ0) is 14.2. The molecule has 2 rings (SSSR count). The van der Waals surface area contributed by atoms with Crippen LogP contribution in [0.3, 0.4) is 0 Å². The topological polar surface area (TPSA) is 72.9 Å². The average Bonchev–Trinajstić information content (AvgIpc) is 2.59. The maximum atomic E-state index is 12.1. The van der Waals surface area contributed by atoms with E-state index in [4.69, 9.17) is 17.3 Å². The van der Waals surface area contributed by atoms with E-state index in [1.165, 1.54) is 4.68 Å². The molecule has 19 heavy (non-hydrogen) atoms. The van der Waals surface area contributed by atoms with Crippen LogP contribution in [0.5, 0.6) is 0 Å². The Morgan fingerprint density at radius 3 is 2.74 bits per heavy atom. The minimum absolute atomic E-state index is 0.271. The summed E-state index contributed by atoms with van der Waals surface area (Å²) in [5.74, 6) is 0.209. The van der Waals surface area contributed by atoms with Gasteiger partial charge in [0.2, 0.25) is 0 Å². The Bertz CT molecular complexity index is 653. The molecule has 0 bridgehead atoms. The van der Waals surface area contributed by atoms with Gasteiger partial charge in [-0.1, -0.05) is 11.6 Å². The highest BCUT2D eigenvalue weighted by Gasteiger charge is 2.14. The number of aromatic nitrogens is 2. The molecule has 0 saturated heterocycles. The zero-order valence-electron chi connectivity index (χ0n) is 10.4. The van der Waals surface area contributed by atoms with E-state index in [9.17, 15) is 4.79 Å². The first-order valence-corrected chi connectivity index (χ1v) is 6.62. The molecule has 0 radical (unpaired) electrons. The fraction of sp³-hybridized carbons (Fsp3) is 0.167. The maximum Gasteiger partial charge on any atom is 0.256 e. The number of nitrogens with two attached hydrogens (primary N) is 1. The normalized spacial score (nSPS) is 10.5. The van der Waals surface area contributed by atoms with Crippen LogP contribution in [0.1, 0.15) is 16.1 Å². The van der Waals surface area contributed by atoms with E-state index < -0.39 is 0 Å². The number of benzene rings is 1. The Morgan fingerprint density at radius 1 is 1.53 bits per heavy atom. The van der Waals surface area contributed by atoms with Crippen LogP contribution in [0.25, 0.3) is 0 Å². The molecular formula is C12H12BrClN4O. The third kappa shape index (κ3) is 2.74. The first-order chi connectivity index (χ1) is 8.90. The molecule has 3 N–H and O–H groups in total. The third-order valence-corrected chi connectivity index (χ3v) is 3.90. The second-order valence-corrected chi connectivity index (χ2v) is 5.32. The van der Waals surface area contributed by atoms with Crippen LogP contribution in [0.4, 0.5) is 11.5 Å². The highest BCUT2D eigenvalue weighted by molar-refractivity contribution is 9.10. The SMILES string of the molecule is Cc1nn(C)c(NC(=O)c2ccc(Cl)c(Br)c2)c1N. The standard InChI is InChI=1S/C12H12BrClN4O/c1-6-10(15)11(18(2)17-6)16-12(19)7-3-4-9(14)8(13)5-7/h3-5H,15H2,1-2H3,(H,16,19). The van der Waals surface area contributed by atoms with Crippen molar-refractivity contribution in [3.63, 3.8) is 0 Å². The zero-order valence-corrected chi connectivity index (χ0v) is 12.7. The summed E-state index contributed by atoms with van der Waals surface area (Å²) >= 11 is 9.17. The van der Waals surface area contributed by atoms with Crippen LogP contribution in [-0.4, -0.2) is 15.7 Å². The monoisotopic (exact) mass is 342 g/mol. The predicted octanol–water partition coefficient (Wildman–Crippen LogP) is 2.98. The number of hydrogen-bond donors (Lipinski definition) is 2. The molecule has 0 aliphatic rings. The molecule has 0 aliphatic heterocycles. The molecule has 1 heterocycles. The van der Waals surface area contributed by atoms with Gasteiger partial charge in [-0.2, -0.15) is 5.10 Å².